The molecule has 18 heavy (non-hydrogen) atoms. The quantitative estimate of drug-likeness (QED) is 0.644. The molecule has 1 saturated heterocycles. The van der Waals surface area contributed by atoms with Gasteiger partial charge in [-0.25, -0.2) is 0 Å². The number of rotatable bonds is 6. The molecule has 1 amide bonds. The molecule has 0 spiro atoms. The summed E-state index contributed by atoms with van der Waals surface area (Å²) in [6.45, 7) is 0. The van der Waals surface area contributed by atoms with E-state index < -0.39 is 0 Å². The van der Waals surface area contributed by atoms with Gasteiger partial charge in [-0.1, -0.05) is 28.0 Å². The minimum atomic E-state index is 0.0714. The van der Waals surface area contributed by atoms with Gasteiger partial charge in [-0.2, -0.15) is 5.10 Å². The van der Waals surface area contributed by atoms with Gasteiger partial charge in [-0.3, -0.25) is 9.48 Å². The molecule has 4 nitrogen and oxygen atoms in total. The average molecular weight is 285 g/mol. The predicted molar refractivity (Wildman–Crippen MR) is 78.8 cm³/mol. The molecule has 0 bridgehead atoms. The third-order valence-corrected chi connectivity index (χ3v) is 5.90. The second-order valence-corrected chi connectivity index (χ2v) is 7.29. The maximum Gasteiger partial charge on any atom is 0.225 e. The first kappa shape index (κ1) is 13.8. The Morgan fingerprint density at radius 1 is 1.61 bits per heavy atom. The van der Waals surface area contributed by atoms with Gasteiger partial charge in [0.05, 0.1) is 0 Å². The highest BCUT2D eigenvalue weighted by molar-refractivity contribution is 8.77. The Labute approximate surface area is 116 Å². The smallest absolute Gasteiger partial charge is 0.225 e. The van der Waals surface area contributed by atoms with Crippen LogP contribution in [0.2, 0.25) is 0 Å². The van der Waals surface area contributed by atoms with Crippen molar-refractivity contribution in [3.8, 4) is 0 Å². The van der Waals surface area contributed by atoms with Crippen molar-refractivity contribution in [2.75, 3.05) is 11.1 Å². The largest absolute Gasteiger partial charge is 0.309 e. The molecule has 0 aliphatic carbocycles. The van der Waals surface area contributed by atoms with Crippen LogP contribution in [0.15, 0.2) is 12.3 Å². The lowest BCUT2D eigenvalue weighted by Crippen LogP contribution is -2.12. The van der Waals surface area contributed by atoms with E-state index in [1.54, 1.807) is 4.68 Å². The number of carbonyl (C=O) groups is 1. The summed E-state index contributed by atoms with van der Waals surface area (Å²) in [5.41, 5.74) is 0. The first-order chi connectivity index (χ1) is 8.74. The van der Waals surface area contributed by atoms with Crippen LogP contribution in [0, 0.1) is 0 Å². The molecule has 0 radical (unpaired) electrons. The summed E-state index contributed by atoms with van der Waals surface area (Å²) in [5, 5.41) is 7.75. The number of nitrogens with one attached hydrogen (secondary N) is 1. The molecule has 1 atom stereocenters. The Balaban J connectivity index is 1.57. The SMILES string of the molecule is Cn1ccc(NC(=O)CCCCC2CCSS2)n1. The van der Waals surface area contributed by atoms with Crippen LogP contribution in [0.25, 0.3) is 0 Å². The maximum absolute atomic E-state index is 11.6. The van der Waals surface area contributed by atoms with E-state index >= 15 is 0 Å². The molecule has 0 saturated carbocycles. The van der Waals surface area contributed by atoms with Gasteiger partial charge >= 0.3 is 0 Å². The van der Waals surface area contributed by atoms with Crippen LogP contribution in [0.3, 0.4) is 0 Å². The van der Waals surface area contributed by atoms with Gasteiger partial charge in [0.2, 0.25) is 5.91 Å². The van der Waals surface area contributed by atoms with E-state index in [2.05, 4.69) is 10.4 Å². The molecule has 6 heteroatoms. The molecule has 1 aliphatic heterocycles. The third kappa shape index (κ3) is 4.57. The van der Waals surface area contributed by atoms with Crippen molar-refractivity contribution in [3.63, 3.8) is 0 Å². The number of hydrogen-bond donors (Lipinski definition) is 1. The number of aryl methyl sites for hydroxylation is 1. The molecule has 2 heterocycles. The Hall–Kier alpha value is -0.620. The second-order valence-electron chi connectivity index (χ2n) is 4.50. The Morgan fingerprint density at radius 3 is 3.17 bits per heavy atom. The zero-order chi connectivity index (χ0) is 12.8. The fourth-order valence-electron chi connectivity index (χ4n) is 1.91. The second kappa shape index (κ2) is 7.09. The van der Waals surface area contributed by atoms with Gasteiger partial charge in [0.25, 0.3) is 0 Å². The molecule has 2 rings (SSSR count). The minimum absolute atomic E-state index is 0.0714. The van der Waals surface area contributed by atoms with Crippen LogP contribution in [-0.2, 0) is 11.8 Å². The van der Waals surface area contributed by atoms with Crippen molar-refractivity contribution >= 4 is 33.3 Å². The molecule has 1 N–H and O–H groups in total. The van der Waals surface area contributed by atoms with Gasteiger partial charge < -0.3 is 5.32 Å². The highest BCUT2D eigenvalue weighted by Gasteiger charge is 2.15. The number of aromatic nitrogens is 2. The number of nitrogens with zero attached hydrogens (tertiary/aromatic N) is 2. The third-order valence-electron chi connectivity index (χ3n) is 2.89. The highest BCUT2D eigenvalue weighted by Crippen LogP contribution is 2.39. The number of hydrogen-bond acceptors (Lipinski definition) is 4. The summed E-state index contributed by atoms with van der Waals surface area (Å²) >= 11 is 0. The lowest BCUT2D eigenvalue weighted by molar-refractivity contribution is -0.116. The van der Waals surface area contributed by atoms with Crippen molar-refractivity contribution in [3.05, 3.63) is 12.3 Å². The monoisotopic (exact) mass is 285 g/mol. The van der Waals surface area contributed by atoms with E-state index in [1.165, 1.54) is 18.6 Å². The van der Waals surface area contributed by atoms with Crippen molar-refractivity contribution in [1.29, 1.82) is 0 Å². The van der Waals surface area contributed by atoms with Crippen molar-refractivity contribution < 1.29 is 4.79 Å². The summed E-state index contributed by atoms with van der Waals surface area (Å²) in [6, 6.07) is 1.81. The normalized spacial score (nSPS) is 19.1. The maximum atomic E-state index is 11.6. The van der Waals surface area contributed by atoms with E-state index in [9.17, 15) is 4.79 Å². The van der Waals surface area contributed by atoms with E-state index in [1.807, 2.05) is 40.9 Å². The number of carbonyl (C=O) groups excluding carboxylic acids is 1. The van der Waals surface area contributed by atoms with Gasteiger partial charge in [0.1, 0.15) is 0 Å². The Morgan fingerprint density at radius 2 is 2.50 bits per heavy atom. The number of amides is 1. The van der Waals surface area contributed by atoms with Gasteiger partial charge in [0, 0.05) is 36.7 Å². The first-order valence-corrected chi connectivity index (χ1v) is 8.70. The van der Waals surface area contributed by atoms with Gasteiger partial charge in [-0.05, 0) is 19.3 Å². The molecule has 1 aromatic rings. The fourth-order valence-corrected chi connectivity index (χ4v) is 4.94. The van der Waals surface area contributed by atoms with E-state index in [0.717, 1.165) is 18.1 Å². The highest BCUT2D eigenvalue weighted by atomic mass is 33.1. The molecule has 1 aliphatic rings. The average Bonchev–Trinajstić information content (AvgIpc) is 2.96. The van der Waals surface area contributed by atoms with E-state index in [-0.39, 0.29) is 5.91 Å². The summed E-state index contributed by atoms with van der Waals surface area (Å²) in [6.07, 6.45) is 7.12. The summed E-state index contributed by atoms with van der Waals surface area (Å²) in [5.74, 6) is 2.00. The molecule has 100 valence electrons. The van der Waals surface area contributed by atoms with Gasteiger partial charge in [-0.15, -0.1) is 0 Å². The number of anilines is 1. The first-order valence-electron chi connectivity index (χ1n) is 6.32. The van der Waals surface area contributed by atoms with Crippen molar-refractivity contribution in [1.82, 2.24) is 9.78 Å². The fraction of sp³-hybridized carbons (Fsp3) is 0.667. The molecular formula is C12H19N3OS2. The van der Waals surface area contributed by atoms with Crippen LogP contribution in [-0.4, -0.2) is 26.7 Å². The Kier molecular flexibility index (Phi) is 5.44. The Bertz CT molecular complexity index is 388. The zero-order valence-corrected chi connectivity index (χ0v) is 12.2. The molecular weight excluding hydrogens is 266 g/mol. The number of unbranched alkanes of at least 4 members (excludes halogenated alkanes) is 1. The summed E-state index contributed by atoms with van der Waals surface area (Å²) < 4.78 is 1.69. The van der Waals surface area contributed by atoms with Gasteiger partial charge in [0.15, 0.2) is 5.82 Å². The zero-order valence-electron chi connectivity index (χ0n) is 10.6. The van der Waals surface area contributed by atoms with Crippen LogP contribution >= 0.6 is 21.6 Å². The van der Waals surface area contributed by atoms with E-state index in [4.69, 9.17) is 0 Å². The van der Waals surface area contributed by atoms with Crippen LogP contribution < -0.4 is 5.32 Å². The van der Waals surface area contributed by atoms with Crippen molar-refractivity contribution in [2.24, 2.45) is 7.05 Å². The standard InChI is InChI=1S/C12H19N3OS2/c1-15-8-6-11(14-15)13-12(16)5-3-2-4-10-7-9-17-18-10/h6,8,10H,2-5,7,9H2,1H3,(H,13,14,16). The molecule has 0 aromatic carbocycles. The lowest BCUT2D eigenvalue weighted by Gasteiger charge is -2.06. The molecule has 1 unspecified atom stereocenters. The topological polar surface area (TPSA) is 46.9 Å². The summed E-state index contributed by atoms with van der Waals surface area (Å²) in [7, 11) is 5.83. The predicted octanol–water partition coefficient (Wildman–Crippen LogP) is 3.07. The molecule has 1 aromatic heterocycles. The minimum Gasteiger partial charge on any atom is -0.309 e. The van der Waals surface area contributed by atoms with Crippen LogP contribution in [0.1, 0.15) is 32.1 Å². The van der Waals surface area contributed by atoms with Crippen LogP contribution in [0.5, 0.6) is 0 Å². The summed E-state index contributed by atoms with van der Waals surface area (Å²) in [4.78, 5) is 11.6. The van der Waals surface area contributed by atoms with Crippen molar-refractivity contribution in [2.45, 2.75) is 37.4 Å². The lowest BCUT2D eigenvalue weighted by atomic mass is 10.1. The van der Waals surface area contributed by atoms with E-state index in [0.29, 0.717) is 12.2 Å². The molecule has 1 fully saturated rings. The van der Waals surface area contributed by atoms with Crippen LogP contribution in [0.4, 0.5) is 5.82 Å².